The van der Waals surface area contributed by atoms with E-state index in [0.29, 0.717) is 41.2 Å². The van der Waals surface area contributed by atoms with Crippen LogP contribution in [0.25, 0.3) is 10.9 Å². The third kappa shape index (κ3) is 7.05. The summed E-state index contributed by atoms with van der Waals surface area (Å²) in [5.41, 5.74) is 6.49. The number of carbonyl (C=O) groups is 2. The number of aliphatic hydroxyl groups is 1. The zero-order valence-corrected chi connectivity index (χ0v) is 20.8. The Balaban J connectivity index is 0.000000414. The molecule has 2 aromatic carbocycles. The minimum atomic E-state index is -1.26. The van der Waals surface area contributed by atoms with Gasteiger partial charge in [-0.05, 0) is 65.6 Å². The molecular weight excluding hydrogens is 476 g/mol. The topological polar surface area (TPSA) is 160 Å². The van der Waals surface area contributed by atoms with Gasteiger partial charge in [0.1, 0.15) is 5.75 Å². The van der Waals surface area contributed by atoms with E-state index in [-0.39, 0.29) is 11.3 Å². The lowest BCUT2D eigenvalue weighted by molar-refractivity contribution is -0.134. The molecule has 0 saturated carbocycles. The Kier molecular flexibility index (Phi) is 9.21. The summed E-state index contributed by atoms with van der Waals surface area (Å²) in [7, 11) is 0. The van der Waals surface area contributed by atoms with Crippen molar-refractivity contribution in [3.63, 3.8) is 0 Å². The van der Waals surface area contributed by atoms with Crippen LogP contribution in [-0.2, 0) is 35.3 Å². The zero-order chi connectivity index (χ0) is 27.1. The lowest BCUT2D eigenvalue weighted by Crippen LogP contribution is -2.33. The number of fused-ring (bicyclic) bond motifs is 2. The van der Waals surface area contributed by atoms with E-state index in [0.717, 1.165) is 25.7 Å². The summed E-state index contributed by atoms with van der Waals surface area (Å²) in [6.45, 7) is 4.83. The molecule has 196 valence electrons. The van der Waals surface area contributed by atoms with Gasteiger partial charge >= 0.3 is 11.9 Å². The first kappa shape index (κ1) is 27.6. The molecule has 0 aliphatic heterocycles. The third-order valence-electron chi connectivity index (χ3n) is 6.45. The van der Waals surface area contributed by atoms with E-state index < -0.39 is 18.0 Å². The molecule has 0 bridgehead atoms. The van der Waals surface area contributed by atoms with Crippen molar-refractivity contribution >= 4 is 22.8 Å². The Morgan fingerprint density at radius 3 is 2.08 bits per heavy atom. The number of H-pyrrole nitrogens is 1. The number of aryl methyl sites for hydroxylation is 2. The molecule has 3 aromatic rings. The second-order valence-electron chi connectivity index (χ2n) is 8.92. The number of aromatic amines is 1. The molecule has 9 nitrogen and oxygen atoms in total. The van der Waals surface area contributed by atoms with Crippen molar-refractivity contribution < 1.29 is 30.0 Å². The number of phenolic OH excluding ortho intramolecular Hbond substituents is 1. The number of carboxylic acid groups (broad SMARTS) is 2. The predicted octanol–water partition coefficient (Wildman–Crippen LogP) is 2.86. The number of carboxylic acids is 2. The van der Waals surface area contributed by atoms with Gasteiger partial charge in [-0.1, -0.05) is 32.0 Å². The maximum Gasteiger partial charge on any atom is 0.328 e. The van der Waals surface area contributed by atoms with E-state index in [9.17, 15) is 24.6 Å². The van der Waals surface area contributed by atoms with Crippen LogP contribution in [0.5, 0.6) is 5.75 Å². The van der Waals surface area contributed by atoms with Gasteiger partial charge in [-0.15, -0.1) is 0 Å². The highest BCUT2D eigenvalue weighted by atomic mass is 16.4. The van der Waals surface area contributed by atoms with Crippen LogP contribution in [-0.4, -0.2) is 49.9 Å². The SMILES string of the molecule is CCc1cc2c(cc1CC)CC(NCC(O)c1ccc(O)c3[nH]c(=O)ccc13)C2.O=C(O)/C=C\C(=O)O. The minimum absolute atomic E-state index is 0.00584. The van der Waals surface area contributed by atoms with Gasteiger partial charge in [-0.3, -0.25) is 4.79 Å². The Morgan fingerprint density at radius 1 is 1.00 bits per heavy atom. The number of hydrogen-bond acceptors (Lipinski definition) is 6. The van der Waals surface area contributed by atoms with Crippen molar-refractivity contribution in [2.45, 2.75) is 51.7 Å². The van der Waals surface area contributed by atoms with Crippen LogP contribution >= 0.6 is 0 Å². The van der Waals surface area contributed by atoms with Gasteiger partial charge in [-0.2, -0.15) is 0 Å². The van der Waals surface area contributed by atoms with Gasteiger partial charge in [0.05, 0.1) is 11.6 Å². The monoisotopic (exact) mass is 508 g/mol. The number of aliphatic hydroxyl groups excluding tert-OH is 1. The first-order chi connectivity index (χ1) is 17.6. The van der Waals surface area contributed by atoms with Crippen molar-refractivity contribution in [3.05, 3.63) is 86.7 Å². The van der Waals surface area contributed by atoms with E-state index in [1.807, 2.05) is 0 Å². The third-order valence-corrected chi connectivity index (χ3v) is 6.45. The van der Waals surface area contributed by atoms with Crippen molar-refractivity contribution in [2.24, 2.45) is 0 Å². The Labute approximate surface area is 214 Å². The van der Waals surface area contributed by atoms with E-state index in [1.54, 1.807) is 12.1 Å². The first-order valence-corrected chi connectivity index (χ1v) is 12.2. The lowest BCUT2D eigenvalue weighted by Gasteiger charge is -2.18. The molecule has 1 aliphatic rings. The summed E-state index contributed by atoms with van der Waals surface area (Å²) in [6, 6.07) is 11.3. The Bertz CT molecular complexity index is 1330. The van der Waals surface area contributed by atoms with Crippen molar-refractivity contribution in [1.82, 2.24) is 10.3 Å². The molecule has 9 heteroatoms. The number of hydrogen-bond donors (Lipinski definition) is 6. The molecular formula is C28H32N2O7. The summed E-state index contributed by atoms with van der Waals surface area (Å²) in [4.78, 5) is 33.3. The molecule has 1 aliphatic carbocycles. The van der Waals surface area contributed by atoms with Crippen LogP contribution in [0.3, 0.4) is 0 Å². The highest BCUT2D eigenvalue weighted by Crippen LogP contribution is 2.30. The number of aliphatic carboxylic acids is 2. The van der Waals surface area contributed by atoms with Gasteiger partial charge in [-0.25, -0.2) is 9.59 Å². The maximum absolute atomic E-state index is 11.6. The summed E-state index contributed by atoms with van der Waals surface area (Å²) >= 11 is 0. The second kappa shape index (κ2) is 12.3. The number of aromatic nitrogens is 1. The number of pyridine rings is 1. The van der Waals surface area contributed by atoms with E-state index in [4.69, 9.17) is 10.2 Å². The van der Waals surface area contributed by atoms with Gasteiger partial charge in [0.15, 0.2) is 0 Å². The van der Waals surface area contributed by atoms with E-state index in [2.05, 4.69) is 36.3 Å². The molecule has 0 amide bonds. The molecule has 0 radical (unpaired) electrons. The van der Waals surface area contributed by atoms with Crippen molar-refractivity contribution in [3.8, 4) is 5.75 Å². The highest BCUT2D eigenvalue weighted by molar-refractivity contribution is 5.89. The predicted molar refractivity (Wildman–Crippen MR) is 140 cm³/mol. The van der Waals surface area contributed by atoms with Crippen molar-refractivity contribution in [1.29, 1.82) is 0 Å². The quantitative estimate of drug-likeness (QED) is 0.253. The fraction of sp³-hybridized carbons (Fsp3) is 0.321. The Morgan fingerprint density at radius 2 is 1.57 bits per heavy atom. The van der Waals surface area contributed by atoms with Crippen LogP contribution in [0.15, 0.2) is 53.3 Å². The number of phenols is 1. The Hall–Kier alpha value is -3.95. The minimum Gasteiger partial charge on any atom is -0.506 e. The molecule has 37 heavy (non-hydrogen) atoms. The summed E-state index contributed by atoms with van der Waals surface area (Å²) < 4.78 is 0. The fourth-order valence-corrected chi connectivity index (χ4v) is 4.66. The molecule has 4 rings (SSSR count). The maximum atomic E-state index is 11.6. The van der Waals surface area contributed by atoms with Crippen molar-refractivity contribution in [2.75, 3.05) is 6.54 Å². The smallest absolute Gasteiger partial charge is 0.328 e. The summed E-state index contributed by atoms with van der Waals surface area (Å²) in [5.74, 6) is -2.51. The molecule has 1 heterocycles. The molecule has 0 spiro atoms. The molecule has 0 fully saturated rings. The molecule has 6 N–H and O–H groups in total. The first-order valence-electron chi connectivity index (χ1n) is 12.2. The van der Waals surface area contributed by atoms with Crippen LogP contribution in [0.4, 0.5) is 0 Å². The highest BCUT2D eigenvalue weighted by Gasteiger charge is 2.24. The van der Waals surface area contributed by atoms with Crippen LogP contribution in [0, 0.1) is 0 Å². The normalized spacial score (nSPS) is 13.8. The average Bonchev–Trinajstić information content (AvgIpc) is 3.27. The standard InChI is InChI=1S/C24H28N2O3.C4H4O4/c1-3-14-9-16-11-18(12-17(16)10-15(14)4-2)25-13-22(28)19-5-7-21(27)24-20(19)6-8-23(29)26-24;5-3(6)1-2-4(7)8/h5-10,18,22,25,27-28H,3-4,11-13H2,1-2H3,(H,26,29);1-2H,(H,5,6)(H,7,8)/b;2-1-. The zero-order valence-electron chi connectivity index (χ0n) is 20.8. The van der Waals surface area contributed by atoms with E-state index >= 15 is 0 Å². The van der Waals surface area contributed by atoms with E-state index in [1.165, 1.54) is 34.4 Å². The van der Waals surface area contributed by atoms with Crippen LogP contribution < -0.4 is 10.9 Å². The molecule has 1 aromatic heterocycles. The van der Waals surface area contributed by atoms with Crippen LogP contribution in [0.1, 0.15) is 47.8 Å². The molecule has 0 saturated heterocycles. The average molecular weight is 509 g/mol. The summed E-state index contributed by atoms with van der Waals surface area (Å²) in [6.07, 6.45) is 4.45. The number of rotatable bonds is 8. The number of benzene rings is 2. The van der Waals surface area contributed by atoms with Gasteiger partial charge in [0, 0.05) is 36.2 Å². The fourth-order valence-electron chi connectivity index (χ4n) is 4.66. The largest absolute Gasteiger partial charge is 0.506 e. The molecule has 1 unspecified atom stereocenters. The lowest BCUT2D eigenvalue weighted by atomic mass is 9.97. The number of aromatic hydroxyl groups is 1. The van der Waals surface area contributed by atoms with Crippen LogP contribution in [0.2, 0.25) is 0 Å². The summed E-state index contributed by atoms with van der Waals surface area (Å²) in [5, 5.41) is 40.6. The number of nitrogens with one attached hydrogen (secondary N) is 2. The second-order valence-corrected chi connectivity index (χ2v) is 8.92. The van der Waals surface area contributed by atoms with Gasteiger partial charge < -0.3 is 30.7 Å². The van der Waals surface area contributed by atoms with Gasteiger partial charge in [0.2, 0.25) is 5.56 Å². The molecule has 1 atom stereocenters. The van der Waals surface area contributed by atoms with Gasteiger partial charge in [0.25, 0.3) is 0 Å².